The van der Waals surface area contributed by atoms with E-state index in [0.29, 0.717) is 24.6 Å². The van der Waals surface area contributed by atoms with Crippen molar-refractivity contribution >= 4 is 5.91 Å². The first-order chi connectivity index (χ1) is 11.1. The monoisotopic (exact) mass is 318 g/mol. The van der Waals surface area contributed by atoms with Gasteiger partial charge in [-0.25, -0.2) is 0 Å². The van der Waals surface area contributed by atoms with Crippen LogP contribution in [0.1, 0.15) is 30.7 Å². The zero-order valence-corrected chi connectivity index (χ0v) is 12.9. The van der Waals surface area contributed by atoms with Crippen LogP contribution in [0.15, 0.2) is 36.2 Å². The molecule has 0 radical (unpaired) electrons. The summed E-state index contributed by atoms with van der Waals surface area (Å²) < 4.78 is 0. The predicted molar refractivity (Wildman–Crippen MR) is 83.5 cm³/mol. The van der Waals surface area contributed by atoms with Crippen LogP contribution in [-0.2, 0) is 4.79 Å². The van der Waals surface area contributed by atoms with Crippen LogP contribution in [0.25, 0.3) is 0 Å². The number of rotatable bonds is 2. The van der Waals surface area contributed by atoms with Gasteiger partial charge in [-0.05, 0) is 42.5 Å². The van der Waals surface area contributed by atoms with Crippen molar-refractivity contribution in [3.05, 3.63) is 41.7 Å². The normalized spacial score (nSPS) is 29.3. The lowest BCUT2D eigenvalue weighted by Crippen LogP contribution is -2.44. The Morgan fingerprint density at radius 3 is 2.39 bits per heavy atom. The largest absolute Gasteiger partial charge is 0.390 e. The summed E-state index contributed by atoms with van der Waals surface area (Å²) in [5.41, 5.74) is 1.63. The fourth-order valence-electron chi connectivity index (χ4n) is 3.36. The van der Waals surface area contributed by atoms with Crippen LogP contribution in [0.2, 0.25) is 0 Å². The summed E-state index contributed by atoms with van der Waals surface area (Å²) in [7, 11) is 0. The minimum Gasteiger partial charge on any atom is -0.390 e. The maximum atomic E-state index is 12.5. The second kappa shape index (κ2) is 6.78. The summed E-state index contributed by atoms with van der Waals surface area (Å²) in [6.07, 6.45) is 3.30. The number of amides is 1. The summed E-state index contributed by atoms with van der Waals surface area (Å²) in [4.78, 5) is 18.3. The number of piperidine rings is 1. The molecule has 1 aliphatic carbocycles. The Morgan fingerprint density at radius 2 is 1.78 bits per heavy atom. The molecule has 1 aromatic heterocycles. The molecule has 3 rings (SSSR count). The molecule has 1 aromatic rings. The lowest BCUT2D eigenvalue weighted by atomic mass is 9.88. The summed E-state index contributed by atoms with van der Waals surface area (Å²) >= 11 is 0. The van der Waals surface area contributed by atoms with Gasteiger partial charge in [-0.1, -0.05) is 0 Å². The van der Waals surface area contributed by atoms with Crippen LogP contribution in [0.5, 0.6) is 0 Å². The molecule has 1 aliphatic heterocycles. The molecule has 6 heteroatoms. The fourth-order valence-corrected chi connectivity index (χ4v) is 3.36. The van der Waals surface area contributed by atoms with E-state index in [0.717, 1.165) is 12.8 Å². The molecule has 0 aromatic carbocycles. The van der Waals surface area contributed by atoms with Gasteiger partial charge in [-0.3, -0.25) is 9.78 Å². The Morgan fingerprint density at radius 1 is 1.13 bits per heavy atom. The molecular formula is C17H22N2O4. The maximum absolute atomic E-state index is 12.5. The Balaban J connectivity index is 1.62. The summed E-state index contributed by atoms with van der Waals surface area (Å²) in [6.45, 7) is 1.30. The van der Waals surface area contributed by atoms with Gasteiger partial charge in [-0.15, -0.1) is 0 Å². The molecule has 2 heterocycles. The van der Waals surface area contributed by atoms with E-state index in [1.54, 1.807) is 17.3 Å². The van der Waals surface area contributed by atoms with E-state index in [1.807, 2.05) is 12.1 Å². The lowest BCUT2D eigenvalue weighted by Gasteiger charge is -2.35. The van der Waals surface area contributed by atoms with Crippen molar-refractivity contribution < 1.29 is 20.1 Å². The Labute approximate surface area is 135 Å². The van der Waals surface area contributed by atoms with Crippen LogP contribution in [-0.4, -0.2) is 62.5 Å². The van der Waals surface area contributed by atoms with Crippen molar-refractivity contribution in [2.24, 2.45) is 0 Å². The Bertz CT molecular complexity index is 582. The second-order valence-electron chi connectivity index (χ2n) is 6.29. The molecule has 1 saturated heterocycles. The standard InChI is InChI=1S/C17H22N2O4/c20-14-9-13(10-15(21)16(14)22)17(23)19-7-3-12(4-8-19)11-1-5-18-6-2-11/h1-2,5-6,9,12,14-16,20-22H,3-4,7-8,10H2/t14-,15-,16-/m1/s1. The first kappa shape index (κ1) is 16.1. The number of hydrogen-bond acceptors (Lipinski definition) is 5. The SMILES string of the molecule is O=C(C1=C[C@@H](O)[C@@H](O)[C@H](O)C1)N1CCC(c2ccncc2)CC1. The second-order valence-corrected chi connectivity index (χ2v) is 6.29. The smallest absolute Gasteiger partial charge is 0.249 e. The molecule has 1 amide bonds. The number of nitrogens with zero attached hydrogens (tertiary/aromatic N) is 2. The van der Waals surface area contributed by atoms with Crippen LogP contribution >= 0.6 is 0 Å². The van der Waals surface area contributed by atoms with E-state index in [2.05, 4.69) is 4.98 Å². The van der Waals surface area contributed by atoms with Crippen molar-refractivity contribution in [2.75, 3.05) is 13.1 Å². The van der Waals surface area contributed by atoms with Gasteiger partial charge in [0, 0.05) is 37.5 Å². The van der Waals surface area contributed by atoms with Crippen LogP contribution in [0.4, 0.5) is 0 Å². The number of hydrogen-bond donors (Lipinski definition) is 3. The molecule has 2 aliphatic rings. The molecule has 0 spiro atoms. The molecule has 3 N–H and O–H groups in total. The average Bonchev–Trinajstić information content (AvgIpc) is 2.59. The third-order valence-electron chi connectivity index (χ3n) is 4.78. The van der Waals surface area contributed by atoms with Gasteiger partial charge in [0.15, 0.2) is 0 Å². The minimum atomic E-state index is -1.22. The predicted octanol–water partition coefficient (Wildman–Crippen LogP) is 0.200. The number of carbonyl (C=O) groups is 1. The summed E-state index contributed by atoms with van der Waals surface area (Å²) in [5.74, 6) is 0.281. The quantitative estimate of drug-likeness (QED) is 0.724. The molecule has 6 nitrogen and oxygen atoms in total. The van der Waals surface area contributed by atoms with Gasteiger partial charge in [0.1, 0.15) is 12.2 Å². The van der Waals surface area contributed by atoms with Gasteiger partial charge >= 0.3 is 0 Å². The van der Waals surface area contributed by atoms with E-state index < -0.39 is 18.3 Å². The van der Waals surface area contributed by atoms with E-state index in [-0.39, 0.29) is 12.3 Å². The number of carbonyl (C=O) groups excluding carboxylic acids is 1. The Kier molecular flexibility index (Phi) is 4.75. The summed E-state index contributed by atoms with van der Waals surface area (Å²) in [5, 5.41) is 29.0. The molecule has 3 atom stereocenters. The number of aliphatic hydroxyl groups is 3. The van der Waals surface area contributed by atoms with Crippen LogP contribution in [0.3, 0.4) is 0 Å². The first-order valence-corrected chi connectivity index (χ1v) is 8.00. The zero-order valence-electron chi connectivity index (χ0n) is 12.9. The average molecular weight is 318 g/mol. The van der Waals surface area contributed by atoms with Crippen molar-refractivity contribution in [2.45, 2.75) is 43.5 Å². The van der Waals surface area contributed by atoms with Crippen molar-refractivity contribution in [1.29, 1.82) is 0 Å². The zero-order chi connectivity index (χ0) is 16.4. The molecule has 0 unspecified atom stereocenters. The highest BCUT2D eigenvalue weighted by Crippen LogP contribution is 2.29. The molecule has 1 fully saturated rings. The maximum Gasteiger partial charge on any atom is 0.249 e. The van der Waals surface area contributed by atoms with Crippen LogP contribution in [0, 0.1) is 0 Å². The van der Waals surface area contributed by atoms with Crippen LogP contribution < -0.4 is 0 Å². The number of likely N-dealkylation sites (tertiary alicyclic amines) is 1. The van der Waals surface area contributed by atoms with Gasteiger partial charge in [0.2, 0.25) is 5.91 Å². The van der Waals surface area contributed by atoms with Crippen molar-refractivity contribution in [3.8, 4) is 0 Å². The molecule has 0 bridgehead atoms. The highest BCUT2D eigenvalue weighted by Gasteiger charge is 2.34. The van der Waals surface area contributed by atoms with E-state index in [1.165, 1.54) is 11.6 Å². The van der Waals surface area contributed by atoms with E-state index >= 15 is 0 Å². The highest BCUT2D eigenvalue weighted by atomic mass is 16.4. The number of aromatic nitrogens is 1. The van der Waals surface area contributed by atoms with Crippen molar-refractivity contribution in [1.82, 2.24) is 9.88 Å². The number of aliphatic hydroxyl groups excluding tert-OH is 3. The van der Waals surface area contributed by atoms with Crippen molar-refractivity contribution in [3.63, 3.8) is 0 Å². The number of pyridine rings is 1. The first-order valence-electron chi connectivity index (χ1n) is 8.00. The molecule has 23 heavy (non-hydrogen) atoms. The van der Waals surface area contributed by atoms with Gasteiger partial charge in [-0.2, -0.15) is 0 Å². The topological polar surface area (TPSA) is 93.9 Å². The Hall–Kier alpha value is -1.76. The third-order valence-corrected chi connectivity index (χ3v) is 4.78. The molecule has 0 saturated carbocycles. The fraction of sp³-hybridized carbons (Fsp3) is 0.529. The highest BCUT2D eigenvalue weighted by molar-refractivity contribution is 5.94. The van der Waals surface area contributed by atoms with E-state index in [4.69, 9.17) is 0 Å². The van der Waals surface area contributed by atoms with E-state index in [9.17, 15) is 20.1 Å². The minimum absolute atomic E-state index is 0.0847. The molecule has 124 valence electrons. The van der Waals surface area contributed by atoms with Gasteiger partial charge in [0.05, 0.1) is 6.10 Å². The van der Waals surface area contributed by atoms with Gasteiger partial charge in [0.25, 0.3) is 0 Å². The molecular weight excluding hydrogens is 296 g/mol. The van der Waals surface area contributed by atoms with Gasteiger partial charge < -0.3 is 20.2 Å². The lowest BCUT2D eigenvalue weighted by molar-refractivity contribution is -0.129. The summed E-state index contributed by atoms with van der Waals surface area (Å²) in [6, 6.07) is 4.03. The third kappa shape index (κ3) is 3.44.